The summed E-state index contributed by atoms with van der Waals surface area (Å²) in [6.07, 6.45) is 0. The number of aromatic hydroxyl groups is 1. The van der Waals surface area contributed by atoms with Gasteiger partial charge in [-0.3, -0.25) is 0 Å². The van der Waals surface area contributed by atoms with Crippen LogP contribution < -0.4 is 0 Å². The molecule has 0 fully saturated rings. The molecule has 0 atom stereocenters. The molecule has 0 spiro atoms. The first-order chi connectivity index (χ1) is 26.1. The lowest BCUT2D eigenvalue weighted by atomic mass is 9.89. The predicted octanol–water partition coefficient (Wildman–Crippen LogP) is 16.6. The molecule has 0 aliphatic rings. The molecule has 0 aromatic heterocycles. The smallest absolute Gasteiger partial charge is 0.353 e. The largest absolute Gasteiger partial charge is 0.507 e. The van der Waals surface area contributed by atoms with Gasteiger partial charge in [0.2, 0.25) is 0 Å². The molecule has 0 amide bonds. The van der Waals surface area contributed by atoms with E-state index in [2.05, 4.69) is 161 Å². The highest BCUT2D eigenvalue weighted by Crippen LogP contribution is 2.77. The van der Waals surface area contributed by atoms with Crippen LogP contribution in [0.3, 0.4) is 0 Å². The summed E-state index contributed by atoms with van der Waals surface area (Å²) < 4.78 is 7.79. The zero-order valence-corrected chi connectivity index (χ0v) is 39.0. The third-order valence-electron chi connectivity index (χ3n) is 11.4. The van der Waals surface area contributed by atoms with Crippen LogP contribution in [0.5, 0.6) is 5.75 Å². The van der Waals surface area contributed by atoms with Crippen LogP contribution in [0.2, 0.25) is 0 Å². The fourth-order valence-electron chi connectivity index (χ4n) is 7.90. The van der Waals surface area contributed by atoms with Crippen LogP contribution in [-0.4, -0.2) is 11.1 Å². The Morgan fingerprint density at radius 1 is 0.429 bits per heavy atom. The standard InChI is InChI=1S/C52H74O3S/c1-29(2)38-23-42(32(7)8)49(43(24-38)33(9)10)56(55-52(54)41-21-19-20-22-48(41)53,50-44(34(11)12)25-39(30(3)4)26-45(50)35(13)14)51-46(36(15)16)27-40(31(5)6)28-47(51)37(17)18/h19-37,53H,1-18H3. The highest BCUT2D eigenvalue weighted by molar-refractivity contribution is 8.30. The highest BCUT2D eigenvalue weighted by Gasteiger charge is 2.47. The van der Waals surface area contributed by atoms with E-state index in [0.29, 0.717) is 17.8 Å². The van der Waals surface area contributed by atoms with E-state index < -0.39 is 16.3 Å². The van der Waals surface area contributed by atoms with Crippen LogP contribution in [0.15, 0.2) is 75.4 Å². The molecule has 4 rings (SSSR count). The van der Waals surface area contributed by atoms with E-state index in [4.69, 9.17) is 4.18 Å². The highest BCUT2D eigenvalue weighted by atomic mass is 32.3. The summed E-state index contributed by atoms with van der Waals surface area (Å²) in [5.74, 6) is 1.20. The molecule has 4 aromatic carbocycles. The number of rotatable bonds is 14. The molecule has 0 heterocycles. The van der Waals surface area contributed by atoms with Crippen molar-refractivity contribution < 1.29 is 14.1 Å². The molecule has 0 radical (unpaired) electrons. The lowest BCUT2D eigenvalue weighted by Gasteiger charge is -2.49. The van der Waals surface area contributed by atoms with Crippen LogP contribution in [-0.2, 0) is 4.18 Å². The Kier molecular flexibility index (Phi) is 14.5. The molecule has 0 saturated heterocycles. The molecule has 1 N–H and O–H groups in total. The maximum absolute atomic E-state index is 15.5. The van der Waals surface area contributed by atoms with E-state index in [1.807, 2.05) is 6.07 Å². The third kappa shape index (κ3) is 8.81. The minimum Gasteiger partial charge on any atom is -0.507 e. The molecule has 56 heavy (non-hydrogen) atoms. The molecule has 0 unspecified atom stereocenters. The fraction of sp³-hybridized carbons (Fsp3) is 0.519. The minimum absolute atomic E-state index is 0.0687. The zero-order chi connectivity index (χ0) is 42.1. The molecule has 0 aliphatic carbocycles. The van der Waals surface area contributed by atoms with Crippen LogP contribution in [0, 0.1) is 0 Å². The number of para-hydroxylation sites is 1. The maximum Gasteiger partial charge on any atom is 0.353 e. The first kappa shape index (κ1) is 45.2. The maximum atomic E-state index is 15.5. The molecule has 4 aromatic rings. The second-order valence-electron chi connectivity index (χ2n) is 18.9. The second kappa shape index (κ2) is 18.0. The summed E-state index contributed by atoms with van der Waals surface area (Å²) in [5, 5.41) is 11.3. The van der Waals surface area contributed by atoms with Gasteiger partial charge < -0.3 is 9.29 Å². The topological polar surface area (TPSA) is 46.5 Å². The Morgan fingerprint density at radius 3 is 0.893 bits per heavy atom. The minimum atomic E-state index is -2.94. The van der Waals surface area contributed by atoms with Crippen molar-refractivity contribution in [1.29, 1.82) is 0 Å². The monoisotopic (exact) mass is 779 g/mol. The van der Waals surface area contributed by atoms with Crippen molar-refractivity contribution >= 4 is 16.3 Å². The second-order valence-corrected chi connectivity index (χ2v) is 21.4. The first-order valence-corrected chi connectivity index (χ1v) is 23.0. The van der Waals surface area contributed by atoms with Crippen LogP contribution >= 0.6 is 10.3 Å². The van der Waals surface area contributed by atoms with Crippen LogP contribution in [0.25, 0.3) is 0 Å². The van der Waals surface area contributed by atoms with Gasteiger partial charge in [0.05, 0.1) is 0 Å². The molecule has 4 heteroatoms. The lowest BCUT2D eigenvalue weighted by molar-refractivity contribution is 0.0753. The Balaban J connectivity index is 2.62. The summed E-state index contributed by atoms with van der Waals surface area (Å²) >= 11 is 0. The summed E-state index contributed by atoms with van der Waals surface area (Å²) in [5.41, 5.74) is 11.5. The first-order valence-electron chi connectivity index (χ1n) is 21.4. The van der Waals surface area contributed by atoms with Gasteiger partial charge in [0, 0.05) is 14.7 Å². The number of phenols is 1. The van der Waals surface area contributed by atoms with E-state index in [-0.39, 0.29) is 46.8 Å². The molecule has 0 saturated carbocycles. The normalized spacial score (nSPS) is 12.9. The average Bonchev–Trinajstić information content (AvgIpc) is 3.12. The number of hydrogen-bond donors (Lipinski definition) is 1. The van der Waals surface area contributed by atoms with Gasteiger partial charge in [0.1, 0.15) is 11.3 Å². The number of benzene rings is 4. The van der Waals surface area contributed by atoms with Crippen molar-refractivity contribution in [1.82, 2.24) is 0 Å². The summed E-state index contributed by atoms with van der Waals surface area (Å²) in [6, 6.07) is 21.4. The van der Waals surface area contributed by atoms with Crippen molar-refractivity contribution in [3.63, 3.8) is 0 Å². The average molecular weight is 779 g/mol. The van der Waals surface area contributed by atoms with E-state index in [0.717, 1.165) is 14.7 Å². The lowest BCUT2D eigenvalue weighted by Crippen LogP contribution is -2.24. The van der Waals surface area contributed by atoms with Gasteiger partial charge in [0.25, 0.3) is 0 Å². The summed E-state index contributed by atoms with van der Waals surface area (Å²) in [4.78, 5) is 18.9. The van der Waals surface area contributed by atoms with Crippen molar-refractivity contribution in [2.75, 3.05) is 0 Å². The summed E-state index contributed by atoms with van der Waals surface area (Å²) in [7, 11) is -2.94. The number of hydrogen-bond acceptors (Lipinski definition) is 3. The SMILES string of the molecule is CC(C)c1cc(C(C)C)c(S(OC(=O)c2ccccc2O)(c2c(C(C)C)cc(C(C)C)cc2C(C)C)c2c(C(C)C)cc(C(C)C)cc2C(C)C)c(C(C)C)c1. The number of phenolic OH excluding ortho intramolecular Hbond substituents is 1. The van der Waals surface area contributed by atoms with E-state index in [1.165, 1.54) is 50.1 Å². The van der Waals surface area contributed by atoms with Gasteiger partial charge in [0.15, 0.2) is 0 Å². The van der Waals surface area contributed by atoms with Crippen molar-refractivity contribution in [2.24, 2.45) is 0 Å². The molecule has 306 valence electrons. The molecule has 0 aliphatic heterocycles. The molecular weight excluding hydrogens is 705 g/mol. The number of carbonyl (C=O) groups excluding carboxylic acids is 1. The summed E-state index contributed by atoms with van der Waals surface area (Å²) in [6.45, 7) is 41.2. The van der Waals surface area contributed by atoms with Crippen molar-refractivity contribution in [3.05, 3.63) is 116 Å². The van der Waals surface area contributed by atoms with Crippen molar-refractivity contribution in [3.8, 4) is 5.75 Å². The zero-order valence-electron chi connectivity index (χ0n) is 38.1. The van der Waals surface area contributed by atoms with Gasteiger partial charge in [-0.25, -0.2) is 4.79 Å². The van der Waals surface area contributed by atoms with Crippen LogP contribution in [0.1, 0.15) is 238 Å². The Morgan fingerprint density at radius 2 is 0.679 bits per heavy atom. The predicted molar refractivity (Wildman–Crippen MR) is 242 cm³/mol. The van der Waals surface area contributed by atoms with E-state index in [1.54, 1.807) is 18.2 Å². The fourth-order valence-corrected chi connectivity index (χ4v) is 12.8. The third-order valence-corrected chi connectivity index (χ3v) is 15.0. The Bertz CT molecular complexity index is 1740. The van der Waals surface area contributed by atoms with E-state index in [9.17, 15) is 5.11 Å². The molecule has 0 bridgehead atoms. The van der Waals surface area contributed by atoms with Crippen molar-refractivity contribution in [2.45, 2.75) is 193 Å². The van der Waals surface area contributed by atoms with Crippen LogP contribution in [0.4, 0.5) is 0 Å². The van der Waals surface area contributed by atoms with Gasteiger partial charge >= 0.3 is 5.97 Å². The van der Waals surface area contributed by atoms with Gasteiger partial charge in [-0.1, -0.05) is 173 Å². The van der Waals surface area contributed by atoms with Gasteiger partial charge in [-0.05, 0) is 126 Å². The molecular formula is C52H74O3S. The Labute approximate surface area is 343 Å². The van der Waals surface area contributed by atoms with Gasteiger partial charge in [-0.15, -0.1) is 0 Å². The van der Waals surface area contributed by atoms with E-state index >= 15 is 4.79 Å². The molecule has 3 nitrogen and oxygen atoms in total. The van der Waals surface area contributed by atoms with Gasteiger partial charge in [-0.2, -0.15) is 0 Å². The quantitative estimate of drug-likeness (QED) is 0.139. The Hall–Kier alpha value is -3.50. The number of carbonyl (C=O) groups is 1.